The number of nitriles is 1. The van der Waals surface area contributed by atoms with E-state index in [4.69, 9.17) is 5.26 Å². The minimum atomic E-state index is 0.750. The van der Waals surface area contributed by atoms with Gasteiger partial charge >= 0.3 is 0 Å². The second kappa shape index (κ2) is 10.1. The lowest BCUT2D eigenvalue weighted by molar-refractivity contribution is 0.303. The number of hydrogen-bond donors (Lipinski definition) is 0. The average Bonchev–Trinajstić information content (AvgIpc) is 2.73. The molecule has 1 aliphatic rings. The predicted octanol–water partition coefficient (Wildman–Crippen LogP) is 7.74. The predicted molar refractivity (Wildman–Crippen MR) is 115 cm³/mol. The van der Waals surface area contributed by atoms with E-state index in [9.17, 15) is 0 Å². The lowest BCUT2D eigenvalue weighted by Crippen LogP contribution is -2.13. The molecule has 0 aromatic heterocycles. The molecule has 0 unspecified atom stereocenters. The summed E-state index contributed by atoms with van der Waals surface area (Å²) >= 11 is 0. The van der Waals surface area contributed by atoms with E-state index < -0.39 is 0 Å². The molecule has 0 radical (unpaired) electrons. The summed E-state index contributed by atoms with van der Waals surface area (Å²) in [5.74, 6) is 1.72. The Hall–Kier alpha value is -2.33. The summed E-state index contributed by atoms with van der Waals surface area (Å²) in [5.41, 5.74) is 5.07. The van der Waals surface area contributed by atoms with Crippen molar-refractivity contribution in [1.82, 2.24) is 0 Å². The Morgan fingerprint density at radius 1 is 0.889 bits per heavy atom. The molecule has 2 aromatic rings. The Morgan fingerprint density at radius 2 is 1.52 bits per heavy atom. The lowest BCUT2D eigenvalue weighted by Gasteiger charge is -2.29. The third kappa shape index (κ3) is 5.57. The molecule has 1 saturated carbocycles. The number of unbranched alkanes of at least 4 members (excludes halogenated alkanes) is 2. The highest BCUT2D eigenvalue weighted by Crippen LogP contribution is 2.38. The molecule has 0 amide bonds. The van der Waals surface area contributed by atoms with Gasteiger partial charge in [-0.1, -0.05) is 81.1 Å². The molecule has 1 nitrogen and oxygen atoms in total. The number of rotatable bonds is 7. The van der Waals surface area contributed by atoms with Crippen LogP contribution < -0.4 is 0 Å². The van der Waals surface area contributed by atoms with Gasteiger partial charge in [-0.3, -0.25) is 0 Å². The van der Waals surface area contributed by atoms with Gasteiger partial charge in [-0.2, -0.15) is 5.26 Å². The van der Waals surface area contributed by atoms with Crippen molar-refractivity contribution in [2.45, 2.75) is 64.2 Å². The quantitative estimate of drug-likeness (QED) is 0.367. The van der Waals surface area contributed by atoms with E-state index >= 15 is 0 Å². The number of allylic oxidation sites excluding steroid dienone is 1. The van der Waals surface area contributed by atoms with Gasteiger partial charge in [0, 0.05) is 6.08 Å². The Labute approximate surface area is 164 Å². The molecule has 3 rings (SSSR count). The maximum absolute atomic E-state index is 8.62. The minimum Gasteiger partial charge on any atom is -0.193 e. The second-order valence-corrected chi connectivity index (χ2v) is 7.92. The van der Waals surface area contributed by atoms with E-state index in [-0.39, 0.29) is 0 Å². The highest BCUT2D eigenvalue weighted by atomic mass is 14.3. The van der Waals surface area contributed by atoms with Crippen molar-refractivity contribution in [2.75, 3.05) is 0 Å². The van der Waals surface area contributed by atoms with Crippen LogP contribution in [0.3, 0.4) is 0 Å². The molecular formula is C26H31N. The highest BCUT2D eigenvalue weighted by molar-refractivity contribution is 5.66. The van der Waals surface area contributed by atoms with Crippen molar-refractivity contribution in [2.24, 2.45) is 5.92 Å². The minimum absolute atomic E-state index is 0.750. The standard InChI is InChI=1S/C26H31N/c1-2-3-4-6-21-8-12-23(13-9-21)25-16-18-26(19-17-25)24-14-10-22(11-15-24)7-5-20-27/h5,7,10-11,14-19,21,23H,2-4,6,8-9,12-13H2,1H3. The molecule has 0 atom stereocenters. The molecule has 0 spiro atoms. The van der Waals surface area contributed by atoms with Crippen molar-refractivity contribution >= 4 is 6.08 Å². The van der Waals surface area contributed by atoms with Crippen LogP contribution in [-0.2, 0) is 0 Å². The number of nitrogens with zero attached hydrogens (tertiary/aromatic N) is 1. The molecule has 1 aliphatic carbocycles. The van der Waals surface area contributed by atoms with Crippen LogP contribution in [0.2, 0.25) is 0 Å². The summed E-state index contributed by atoms with van der Waals surface area (Å²) in [6.45, 7) is 2.29. The normalized spacial score (nSPS) is 19.9. The van der Waals surface area contributed by atoms with Crippen LogP contribution in [0.1, 0.15) is 75.3 Å². The molecule has 140 valence electrons. The molecule has 0 N–H and O–H groups in total. The van der Waals surface area contributed by atoms with E-state index in [1.165, 1.54) is 74.1 Å². The van der Waals surface area contributed by atoms with Crippen LogP contribution in [0, 0.1) is 17.2 Å². The Balaban J connectivity index is 1.56. The number of hydrogen-bond acceptors (Lipinski definition) is 1. The fraction of sp³-hybridized carbons (Fsp3) is 0.423. The second-order valence-electron chi connectivity index (χ2n) is 7.92. The Kier molecular flexibility index (Phi) is 7.28. The van der Waals surface area contributed by atoms with Gasteiger partial charge in [0.25, 0.3) is 0 Å². The molecule has 1 fully saturated rings. The van der Waals surface area contributed by atoms with Gasteiger partial charge in [-0.25, -0.2) is 0 Å². The Morgan fingerprint density at radius 3 is 2.11 bits per heavy atom. The smallest absolute Gasteiger partial charge is 0.0912 e. The van der Waals surface area contributed by atoms with Gasteiger partial charge in [0.15, 0.2) is 0 Å². The van der Waals surface area contributed by atoms with Gasteiger partial charge in [-0.05, 0) is 65.8 Å². The van der Waals surface area contributed by atoms with Gasteiger partial charge in [0.05, 0.1) is 6.07 Å². The van der Waals surface area contributed by atoms with Crippen LogP contribution >= 0.6 is 0 Å². The largest absolute Gasteiger partial charge is 0.193 e. The van der Waals surface area contributed by atoms with Crippen LogP contribution in [0.25, 0.3) is 17.2 Å². The number of benzene rings is 2. The Bertz CT molecular complexity index is 753. The van der Waals surface area contributed by atoms with E-state index in [2.05, 4.69) is 55.5 Å². The van der Waals surface area contributed by atoms with E-state index in [1.807, 2.05) is 12.1 Å². The van der Waals surface area contributed by atoms with Crippen molar-refractivity contribution < 1.29 is 0 Å². The van der Waals surface area contributed by atoms with Crippen molar-refractivity contribution in [3.8, 4) is 17.2 Å². The van der Waals surface area contributed by atoms with Crippen LogP contribution in [-0.4, -0.2) is 0 Å². The molecular weight excluding hydrogens is 326 g/mol. The molecule has 2 aromatic carbocycles. The topological polar surface area (TPSA) is 23.8 Å². The van der Waals surface area contributed by atoms with Crippen LogP contribution in [0.15, 0.2) is 54.6 Å². The summed E-state index contributed by atoms with van der Waals surface area (Å²) in [6, 6.07) is 19.6. The lowest BCUT2D eigenvalue weighted by atomic mass is 9.77. The van der Waals surface area contributed by atoms with Gasteiger partial charge < -0.3 is 0 Å². The molecule has 0 aliphatic heterocycles. The summed E-state index contributed by atoms with van der Waals surface area (Å²) in [7, 11) is 0. The fourth-order valence-electron chi connectivity index (χ4n) is 4.34. The first-order valence-corrected chi connectivity index (χ1v) is 10.6. The van der Waals surface area contributed by atoms with Gasteiger partial charge in [0.2, 0.25) is 0 Å². The first-order chi connectivity index (χ1) is 13.3. The van der Waals surface area contributed by atoms with Crippen molar-refractivity contribution in [1.29, 1.82) is 5.26 Å². The summed E-state index contributed by atoms with van der Waals surface area (Å²) in [4.78, 5) is 0. The van der Waals surface area contributed by atoms with E-state index in [0.717, 1.165) is 17.4 Å². The zero-order valence-electron chi connectivity index (χ0n) is 16.5. The van der Waals surface area contributed by atoms with Crippen molar-refractivity contribution in [3.05, 3.63) is 65.7 Å². The summed E-state index contributed by atoms with van der Waals surface area (Å²) < 4.78 is 0. The van der Waals surface area contributed by atoms with E-state index in [1.54, 1.807) is 0 Å². The highest BCUT2D eigenvalue weighted by Gasteiger charge is 2.21. The third-order valence-corrected chi connectivity index (χ3v) is 6.04. The summed E-state index contributed by atoms with van der Waals surface area (Å²) in [5, 5.41) is 8.62. The zero-order chi connectivity index (χ0) is 18.9. The van der Waals surface area contributed by atoms with Crippen LogP contribution in [0.4, 0.5) is 0 Å². The molecule has 27 heavy (non-hydrogen) atoms. The molecule has 0 heterocycles. The van der Waals surface area contributed by atoms with Gasteiger partial charge in [0.1, 0.15) is 0 Å². The zero-order valence-corrected chi connectivity index (χ0v) is 16.5. The van der Waals surface area contributed by atoms with Gasteiger partial charge in [-0.15, -0.1) is 0 Å². The monoisotopic (exact) mass is 357 g/mol. The molecule has 1 heteroatoms. The fourth-order valence-corrected chi connectivity index (χ4v) is 4.34. The molecule has 0 saturated heterocycles. The first-order valence-electron chi connectivity index (χ1n) is 10.6. The SMILES string of the molecule is CCCCCC1CCC(c2ccc(-c3ccc(C=CC#N)cc3)cc2)CC1. The van der Waals surface area contributed by atoms with E-state index in [0.29, 0.717) is 0 Å². The summed E-state index contributed by atoms with van der Waals surface area (Å²) in [6.07, 6.45) is 14.5. The maximum Gasteiger partial charge on any atom is 0.0912 e. The maximum atomic E-state index is 8.62. The first kappa shape index (κ1) is 19.4. The third-order valence-electron chi connectivity index (χ3n) is 6.04. The molecule has 0 bridgehead atoms. The average molecular weight is 358 g/mol. The van der Waals surface area contributed by atoms with Crippen molar-refractivity contribution in [3.63, 3.8) is 0 Å². The van der Waals surface area contributed by atoms with Crippen LogP contribution in [0.5, 0.6) is 0 Å².